The fourth-order valence-electron chi connectivity index (χ4n) is 1.61. The summed E-state index contributed by atoms with van der Waals surface area (Å²) in [5, 5.41) is 6.68. The summed E-state index contributed by atoms with van der Waals surface area (Å²) in [5.41, 5.74) is 1.17. The van der Waals surface area contributed by atoms with E-state index in [1.54, 1.807) is 7.05 Å². The molecule has 0 aliphatic rings. The van der Waals surface area contributed by atoms with Crippen molar-refractivity contribution in [3.8, 4) is 0 Å². The molecule has 0 aromatic carbocycles. The number of halogens is 1. The van der Waals surface area contributed by atoms with Crippen LogP contribution in [0.15, 0.2) is 15.5 Å². The van der Waals surface area contributed by atoms with Gasteiger partial charge in [0.25, 0.3) is 0 Å². The topological polar surface area (TPSA) is 49.6 Å². The van der Waals surface area contributed by atoms with Crippen LogP contribution in [0.5, 0.6) is 0 Å². The zero-order valence-electron chi connectivity index (χ0n) is 12.7. The van der Waals surface area contributed by atoms with Crippen LogP contribution in [0.25, 0.3) is 0 Å². The first-order valence-corrected chi connectivity index (χ1v) is 6.47. The fraction of sp³-hybridized carbons (Fsp3) is 0.643. The third-order valence-corrected chi connectivity index (χ3v) is 3.18. The lowest BCUT2D eigenvalue weighted by molar-refractivity contribution is 0.480. The van der Waals surface area contributed by atoms with E-state index >= 15 is 0 Å². The van der Waals surface area contributed by atoms with Gasteiger partial charge in [-0.15, -0.1) is 24.0 Å². The number of hydrogen-bond donors (Lipinski definition) is 2. The molecule has 1 rings (SSSR count). The largest absolute Gasteiger partial charge is 0.466 e. The quantitative estimate of drug-likeness (QED) is 0.480. The minimum Gasteiger partial charge on any atom is -0.466 e. The Balaban J connectivity index is 0.00000324. The zero-order valence-corrected chi connectivity index (χ0v) is 15.0. The van der Waals surface area contributed by atoms with Gasteiger partial charge < -0.3 is 15.1 Å². The van der Waals surface area contributed by atoms with E-state index < -0.39 is 0 Å². The number of nitrogens with one attached hydrogen (secondary N) is 2. The van der Waals surface area contributed by atoms with Crippen molar-refractivity contribution in [1.29, 1.82) is 0 Å². The van der Waals surface area contributed by atoms with Crippen LogP contribution in [0, 0.1) is 19.8 Å². The molecule has 110 valence electrons. The minimum atomic E-state index is 0. The van der Waals surface area contributed by atoms with E-state index in [9.17, 15) is 0 Å². The highest BCUT2D eigenvalue weighted by atomic mass is 127. The number of guanidine groups is 1. The average molecular weight is 379 g/mol. The Bertz CT molecular complexity index is 413. The molecule has 0 radical (unpaired) electrons. The first-order chi connectivity index (χ1) is 8.43. The molecular formula is C14H26IN3O. The summed E-state index contributed by atoms with van der Waals surface area (Å²) >= 11 is 0. The van der Waals surface area contributed by atoms with Crippen LogP contribution in [0.4, 0.5) is 0 Å². The monoisotopic (exact) mass is 379 g/mol. The normalized spacial score (nSPS) is 13.1. The second kappa shape index (κ2) is 8.45. The smallest absolute Gasteiger partial charge is 0.191 e. The van der Waals surface area contributed by atoms with E-state index in [-0.39, 0.29) is 24.0 Å². The Morgan fingerprint density at radius 2 is 1.95 bits per heavy atom. The number of aliphatic imine (C=N–C) groups is 1. The number of nitrogens with zero attached hydrogens (tertiary/aromatic N) is 1. The predicted octanol–water partition coefficient (Wildman–Crippen LogP) is 3.22. The molecule has 0 spiro atoms. The molecule has 0 saturated heterocycles. The summed E-state index contributed by atoms with van der Waals surface area (Å²) in [7, 11) is 1.79. The molecule has 0 amide bonds. The van der Waals surface area contributed by atoms with Gasteiger partial charge in [-0.25, -0.2) is 0 Å². The second-order valence-corrected chi connectivity index (χ2v) is 5.04. The molecule has 1 aromatic heterocycles. The number of furan rings is 1. The Hall–Kier alpha value is -0.720. The van der Waals surface area contributed by atoms with Crippen molar-refractivity contribution < 1.29 is 4.42 Å². The Kier molecular flexibility index (Phi) is 8.13. The van der Waals surface area contributed by atoms with Gasteiger partial charge in [0.15, 0.2) is 5.96 Å². The van der Waals surface area contributed by atoms with Gasteiger partial charge in [-0.2, -0.15) is 0 Å². The maximum Gasteiger partial charge on any atom is 0.191 e. The van der Waals surface area contributed by atoms with E-state index in [2.05, 4.69) is 42.5 Å². The molecule has 1 heterocycles. The van der Waals surface area contributed by atoms with E-state index in [1.165, 1.54) is 5.56 Å². The van der Waals surface area contributed by atoms with Gasteiger partial charge in [-0.05, 0) is 32.8 Å². The highest BCUT2D eigenvalue weighted by Crippen LogP contribution is 2.13. The van der Waals surface area contributed by atoms with Crippen LogP contribution in [0.3, 0.4) is 0 Å². The minimum absolute atomic E-state index is 0. The summed E-state index contributed by atoms with van der Waals surface area (Å²) in [6.07, 6.45) is 0. The van der Waals surface area contributed by atoms with E-state index in [0.717, 1.165) is 24.0 Å². The second-order valence-electron chi connectivity index (χ2n) is 5.04. The summed E-state index contributed by atoms with van der Waals surface area (Å²) in [4.78, 5) is 4.23. The van der Waals surface area contributed by atoms with Gasteiger partial charge in [0, 0.05) is 25.2 Å². The Morgan fingerprint density at radius 3 is 2.37 bits per heavy atom. The van der Waals surface area contributed by atoms with Crippen molar-refractivity contribution in [3.63, 3.8) is 0 Å². The van der Waals surface area contributed by atoms with Gasteiger partial charge in [0.2, 0.25) is 0 Å². The molecule has 19 heavy (non-hydrogen) atoms. The van der Waals surface area contributed by atoms with Crippen molar-refractivity contribution in [3.05, 3.63) is 23.2 Å². The summed E-state index contributed by atoms with van der Waals surface area (Å²) < 4.78 is 5.50. The number of rotatable bonds is 4. The lowest BCUT2D eigenvalue weighted by atomic mass is 10.1. The van der Waals surface area contributed by atoms with Crippen LogP contribution in [-0.2, 0) is 6.54 Å². The van der Waals surface area contributed by atoms with Crippen LogP contribution in [-0.4, -0.2) is 19.0 Å². The maximum absolute atomic E-state index is 5.50. The van der Waals surface area contributed by atoms with Crippen LogP contribution < -0.4 is 10.6 Å². The van der Waals surface area contributed by atoms with Crippen molar-refractivity contribution in [2.24, 2.45) is 10.9 Å². The summed E-state index contributed by atoms with van der Waals surface area (Å²) in [6.45, 7) is 11.2. The van der Waals surface area contributed by atoms with Crippen molar-refractivity contribution >= 4 is 29.9 Å². The molecule has 0 fully saturated rings. The van der Waals surface area contributed by atoms with Crippen molar-refractivity contribution in [2.45, 2.75) is 47.2 Å². The molecule has 1 aromatic rings. The molecule has 5 heteroatoms. The van der Waals surface area contributed by atoms with E-state index in [4.69, 9.17) is 4.42 Å². The van der Waals surface area contributed by atoms with E-state index in [1.807, 2.05) is 13.8 Å². The fourth-order valence-corrected chi connectivity index (χ4v) is 1.61. The molecule has 1 unspecified atom stereocenters. The van der Waals surface area contributed by atoms with Gasteiger partial charge in [-0.1, -0.05) is 13.8 Å². The van der Waals surface area contributed by atoms with Gasteiger partial charge >= 0.3 is 0 Å². The number of aryl methyl sites for hydroxylation is 2. The van der Waals surface area contributed by atoms with Gasteiger partial charge in [0.05, 0.1) is 0 Å². The van der Waals surface area contributed by atoms with Crippen LogP contribution >= 0.6 is 24.0 Å². The van der Waals surface area contributed by atoms with Crippen LogP contribution in [0.2, 0.25) is 0 Å². The maximum atomic E-state index is 5.50. The molecule has 0 aliphatic carbocycles. The van der Waals surface area contributed by atoms with E-state index in [0.29, 0.717) is 12.0 Å². The lowest BCUT2D eigenvalue weighted by Crippen LogP contribution is -2.43. The molecule has 0 aliphatic heterocycles. The van der Waals surface area contributed by atoms with Crippen molar-refractivity contribution in [1.82, 2.24) is 10.6 Å². The van der Waals surface area contributed by atoms with Crippen molar-refractivity contribution in [2.75, 3.05) is 7.05 Å². The third-order valence-electron chi connectivity index (χ3n) is 3.18. The average Bonchev–Trinajstić information content (AvgIpc) is 2.62. The lowest BCUT2D eigenvalue weighted by Gasteiger charge is -2.20. The van der Waals surface area contributed by atoms with Gasteiger partial charge in [0.1, 0.15) is 11.5 Å². The summed E-state index contributed by atoms with van der Waals surface area (Å²) in [6, 6.07) is 2.45. The molecule has 2 N–H and O–H groups in total. The van der Waals surface area contributed by atoms with Crippen LogP contribution in [0.1, 0.15) is 37.9 Å². The molecule has 0 saturated carbocycles. The van der Waals surface area contributed by atoms with Gasteiger partial charge in [-0.3, -0.25) is 4.99 Å². The highest BCUT2D eigenvalue weighted by molar-refractivity contribution is 14.0. The molecular weight excluding hydrogens is 353 g/mol. The third kappa shape index (κ3) is 5.84. The zero-order chi connectivity index (χ0) is 13.7. The number of hydrogen-bond acceptors (Lipinski definition) is 2. The Morgan fingerprint density at radius 1 is 1.32 bits per heavy atom. The standard InChI is InChI=1S/C14H25N3O.HI/c1-9(2)11(4)17-14(15-6)16-8-13-7-10(3)18-12(13)5;/h7,9,11H,8H2,1-6H3,(H2,15,16,17);1H. The first kappa shape index (κ1) is 18.3. The highest BCUT2D eigenvalue weighted by Gasteiger charge is 2.10. The Labute approximate surface area is 133 Å². The SMILES string of the molecule is CN=C(NCc1cc(C)oc1C)NC(C)C(C)C.I. The first-order valence-electron chi connectivity index (χ1n) is 6.47. The predicted molar refractivity (Wildman–Crippen MR) is 91.2 cm³/mol. The molecule has 0 bridgehead atoms. The summed E-state index contributed by atoms with van der Waals surface area (Å²) in [5.74, 6) is 3.31. The molecule has 1 atom stereocenters. The molecule has 4 nitrogen and oxygen atoms in total.